The number of alkyl halides is 1. The third-order valence-electron chi connectivity index (χ3n) is 2.07. The van der Waals surface area contributed by atoms with Crippen LogP contribution in [0.1, 0.15) is 18.6 Å². The molecule has 2 atom stereocenters. The van der Waals surface area contributed by atoms with Crippen molar-refractivity contribution in [3.8, 4) is 0 Å². The Kier molecular flexibility index (Phi) is 4.51. The van der Waals surface area contributed by atoms with Gasteiger partial charge < -0.3 is 9.84 Å². The zero-order chi connectivity index (χ0) is 13.0. The number of hydrogen-bond acceptors (Lipinski definition) is 3. The number of carbonyl (C=O) groups is 1. The number of hydrogen-bond donors (Lipinski definition) is 1. The maximum atomic E-state index is 13.4. The van der Waals surface area contributed by atoms with Gasteiger partial charge in [-0.1, -0.05) is 0 Å². The fourth-order valence-corrected chi connectivity index (χ4v) is 1.25. The Balaban J connectivity index is 2.91. The lowest BCUT2D eigenvalue weighted by atomic mass is 10.0. The molecule has 0 aliphatic carbocycles. The van der Waals surface area contributed by atoms with Crippen LogP contribution in [0.2, 0.25) is 0 Å². The molecule has 0 aromatic heterocycles. The number of benzene rings is 1. The summed E-state index contributed by atoms with van der Waals surface area (Å²) in [5.74, 6) is -3.15. The SMILES string of the molecule is CCOC(=O)C(F)C(O)c1cc(F)ccc1F. The first-order valence-electron chi connectivity index (χ1n) is 4.91. The maximum Gasteiger partial charge on any atom is 0.343 e. The van der Waals surface area contributed by atoms with Crippen LogP contribution in [0.3, 0.4) is 0 Å². The van der Waals surface area contributed by atoms with Crippen molar-refractivity contribution in [1.82, 2.24) is 0 Å². The van der Waals surface area contributed by atoms with Crippen LogP contribution in [0, 0.1) is 11.6 Å². The van der Waals surface area contributed by atoms with Crippen molar-refractivity contribution in [3.63, 3.8) is 0 Å². The van der Waals surface area contributed by atoms with Gasteiger partial charge in [-0.15, -0.1) is 0 Å². The number of carbonyl (C=O) groups excluding carboxylic acids is 1. The predicted molar refractivity (Wildman–Crippen MR) is 52.8 cm³/mol. The molecular weight excluding hydrogens is 237 g/mol. The number of ether oxygens (including phenoxy) is 1. The van der Waals surface area contributed by atoms with Crippen LogP contribution in [-0.4, -0.2) is 23.9 Å². The largest absolute Gasteiger partial charge is 0.464 e. The van der Waals surface area contributed by atoms with Crippen LogP contribution >= 0.6 is 0 Å². The molecule has 0 saturated heterocycles. The summed E-state index contributed by atoms with van der Waals surface area (Å²) in [4.78, 5) is 11.0. The summed E-state index contributed by atoms with van der Waals surface area (Å²) in [6, 6.07) is 2.20. The van der Waals surface area contributed by atoms with E-state index >= 15 is 0 Å². The summed E-state index contributed by atoms with van der Waals surface area (Å²) in [6.45, 7) is 1.39. The molecule has 0 aliphatic heterocycles. The zero-order valence-corrected chi connectivity index (χ0v) is 8.99. The quantitative estimate of drug-likeness (QED) is 0.828. The van der Waals surface area contributed by atoms with E-state index in [1.54, 1.807) is 0 Å². The zero-order valence-electron chi connectivity index (χ0n) is 8.99. The molecule has 1 N–H and O–H groups in total. The highest BCUT2D eigenvalue weighted by atomic mass is 19.1. The minimum absolute atomic E-state index is 0.0718. The van der Waals surface area contributed by atoms with Crippen LogP contribution in [0.5, 0.6) is 0 Å². The first-order chi connectivity index (χ1) is 7.97. The van der Waals surface area contributed by atoms with E-state index in [0.29, 0.717) is 6.07 Å². The molecule has 0 aliphatic rings. The van der Waals surface area contributed by atoms with Gasteiger partial charge >= 0.3 is 5.97 Å². The molecule has 6 heteroatoms. The van der Waals surface area contributed by atoms with E-state index in [-0.39, 0.29) is 6.61 Å². The van der Waals surface area contributed by atoms with E-state index in [1.807, 2.05) is 0 Å². The monoisotopic (exact) mass is 248 g/mol. The Morgan fingerprint density at radius 3 is 2.71 bits per heavy atom. The van der Waals surface area contributed by atoms with Gasteiger partial charge in [-0.2, -0.15) is 0 Å². The van der Waals surface area contributed by atoms with Gasteiger partial charge in [0.2, 0.25) is 6.17 Å². The van der Waals surface area contributed by atoms with Crippen molar-refractivity contribution in [2.75, 3.05) is 6.61 Å². The molecule has 0 radical (unpaired) electrons. The summed E-state index contributed by atoms with van der Waals surface area (Å²) in [5.41, 5.74) is -0.620. The highest BCUT2D eigenvalue weighted by molar-refractivity contribution is 5.75. The van der Waals surface area contributed by atoms with Gasteiger partial charge in [-0.05, 0) is 25.1 Å². The molecule has 1 rings (SSSR count). The Labute approximate surface area is 95.8 Å². The molecule has 2 unspecified atom stereocenters. The van der Waals surface area contributed by atoms with Crippen molar-refractivity contribution in [3.05, 3.63) is 35.4 Å². The molecule has 0 saturated carbocycles. The molecule has 0 bridgehead atoms. The standard InChI is InChI=1S/C11H11F3O3/c1-2-17-11(16)9(14)10(15)7-5-6(12)3-4-8(7)13/h3-5,9-10,15H,2H2,1H3. The number of aliphatic hydroxyl groups is 1. The summed E-state index contributed by atoms with van der Waals surface area (Å²) in [7, 11) is 0. The van der Waals surface area contributed by atoms with Gasteiger partial charge in [-0.3, -0.25) is 0 Å². The number of aliphatic hydroxyl groups excluding tert-OH is 1. The van der Waals surface area contributed by atoms with Crippen LogP contribution in [-0.2, 0) is 9.53 Å². The topological polar surface area (TPSA) is 46.5 Å². The Morgan fingerprint density at radius 1 is 1.47 bits per heavy atom. The average molecular weight is 248 g/mol. The molecule has 17 heavy (non-hydrogen) atoms. The van der Waals surface area contributed by atoms with Crippen LogP contribution in [0.25, 0.3) is 0 Å². The summed E-state index contributed by atoms with van der Waals surface area (Å²) < 4.78 is 43.7. The Hall–Kier alpha value is -1.56. The fourth-order valence-electron chi connectivity index (χ4n) is 1.25. The van der Waals surface area contributed by atoms with Gasteiger partial charge in [0.1, 0.15) is 17.7 Å². The Bertz CT molecular complexity index is 409. The third kappa shape index (κ3) is 3.20. The lowest BCUT2D eigenvalue weighted by Crippen LogP contribution is -2.26. The van der Waals surface area contributed by atoms with Crippen LogP contribution in [0.15, 0.2) is 18.2 Å². The molecule has 94 valence electrons. The van der Waals surface area contributed by atoms with E-state index in [2.05, 4.69) is 4.74 Å². The average Bonchev–Trinajstić information content (AvgIpc) is 2.30. The maximum absolute atomic E-state index is 13.4. The van der Waals surface area contributed by atoms with Gasteiger partial charge in [0.05, 0.1) is 6.61 Å². The normalized spacial score (nSPS) is 14.2. The second kappa shape index (κ2) is 5.67. The first kappa shape index (κ1) is 13.5. The molecule has 3 nitrogen and oxygen atoms in total. The summed E-state index contributed by atoms with van der Waals surface area (Å²) in [6.07, 6.45) is -4.55. The molecule has 0 spiro atoms. The third-order valence-corrected chi connectivity index (χ3v) is 2.07. The number of halogens is 3. The minimum Gasteiger partial charge on any atom is -0.464 e. The lowest BCUT2D eigenvalue weighted by Gasteiger charge is -2.15. The fraction of sp³-hybridized carbons (Fsp3) is 0.364. The van der Waals surface area contributed by atoms with Gasteiger partial charge in [0.15, 0.2) is 0 Å². The summed E-state index contributed by atoms with van der Waals surface area (Å²) >= 11 is 0. The van der Waals surface area contributed by atoms with Crippen molar-refractivity contribution < 1.29 is 27.8 Å². The highest BCUT2D eigenvalue weighted by Gasteiger charge is 2.31. The molecular formula is C11H11F3O3. The van der Waals surface area contributed by atoms with Crippen LogP contribution in [0.4, 0.5) is 13.2 Å². The highest BCUT2D eigenvalue weighted by Crippen LogP contribution is 2.23. The molecule has 0 fully saturated rings. The molecule has 1 aromatic rings. The van der Waals surface area contributed by atoms with Crippen molar-refractivity contribution in [2.45, 2.75) is 19.2 Å². The molecule has 1 aromatic carbocycles. The van der Waals surface area contributed by atoms with Gasteiger partial charge in [0, 0.05) is 5.56 Å². The smallest absolute Gasteiger partial charge is 0.343 e. The summed E-state index contributed by atoms with van der Waals surface area (Å²) in [5, 5.41) is 9.41. The second-order valence-corrected chi connectivity index (χ2v) is 3.26. The second-order valence-electron chi connectivity index (χ2n) is 3.26. The van der Waals surface area contributed by atoms with Gasteiger partial charge in [0.25, 0.3) is 0 Å². The van der Waals surface area contributed by atoms with E-state index in [0.717, 1.165) is 12.1 Å². The minimum atomic E-state index is -2.45. The molecule has 0 heterocycles. The lowest BCUT2D eigenvalue weighted by molar-refractivity contribution is -0.153. The van der Waals surface area contributed by atoms with Gasteiger partial charge in [-0.25, -0.2) is 18.0 Å². The number of rotatable bonds is 4. The van der Waals surface area contributed by atoms with E-state index in [4.69, 9.17) is 0 Å². The van der Waals surface area contributed by atoms with E-state index in [9.17, 15) is 23.1 Å². The predicted octanol–water partition coefficient (Wildman–Crippen LogP) is 1.90. The van der Waals surface area contributed by atoms with Crippen molar-refractivity contribution in [1.29, 1.82) is 0 Å². The van der Waals surface area contributed by atoms with Crippen LogP contribution < -0.4 is 0 Å². The Morgan fingerprint density at radius 2 is 2.12 bits per heavy atom. The van der Waals surface area contributed by atoms with E-state index < -0.39 is 35.4 Å². The van der Waals surface area contributed by atoms with Crippen molar-refractivity contribution >= 4 is 5.97 Å². The first-order valence-corrected chi connectivity index (χ1v) is 4.91. The van der Waals surface area contributed by atoms with E-state index in [1.165, 1.54) is 6.92 Å². The molecule has 0 amide bonds. The number of esters is 1. The van der Waals surface area contributed by atoms with Crippen molar-refractivity contribution in [2.24, 2.45) is 0 Å².